The Balaban J connectivity index is 0.000000182. The number of benzene rings is 4. The first-order valence-corrected chi connectivity index (χ1v) is 17.3. The molecule has 2 aromatic heterocycles. The topological polar surface area (TPSA) is 158 Å². The molecule has 10 nitrogen and oxygen atoms in total. The van der Waals surface area contributed by atoms with Crippen LogP contribution < -0.4 is 9.86 Å². The van der Waals surface area contributed by atoms with Crippen LogP contribution in [0.4, 0.5) is 0 Å². The highest BCUT2D eigenvalue weighted by Gasteiger charge is 2.19. The number of nitrogens with two attached hydrogens (primary N) is 1. The Labute approximate surface area is 268 Å². The van der Waals surface area contributed by atoms with E-state index in [1.54, 1.807) is 43.3 Å². The van der Waals surface area contributed by atoms with E-state index in [1.807, 2.05) is 74.5 Å². The summed E-state index contributed by atoms with van der Waals surface area (Å²) < 4.78 is 59.9. The van der Waals surface area contributed by atoms with Crippen LogP contribution in [-0.2, 0) is 20.0 Å². The Hall–Kier alpha value is -4.88. The van der Waals surface area contributed by atoms with Gasteiger partial charge in [-0.05, 0) is 49.2 Å². The summed E-state index contributed by atoms with van der Waals surface area (Å²) in [5.41, 5.74) is 6.75. The maximum Gasteiger partial charge on any atom is 0.240 e. The molecule has 0 bridgehead atoms. The first-order valence-electron chi connectivity index (χ1n) is 14.3. The monoisotopic (exact) mass is 656 g/mol. The Kier molecular flexibility index (Phi) is 9.63. The molecule has 3 N–H and O–H groups in total. The lowest BCUT2D eigenvalue weighted by atomic mass is 10.00. The average molecular weight is 657 g/mol. The minimum absolute atomic E-state index is 0.0756. The largest absolute Gasteiger partial charge is 0.360 e. The van der Waals surface area contributed by atoms with Gasteiger partial charge < -0.3 is 9.05 Å². The highest BCUT2D eigenvalue weighted by Crippen LogP contribution is 2.35. The van der Waals surface area contributed by atoms with Gasteiger partial charge in [0, 0.05) is 17.7 Å². The van der Waals surface area contributed by atoms with Gasteiger partial charge in [0.25, 0.3) is 0 Å². The van der Waals surface area contributed by atoms with Gasteiger partial charge in [0.2, 0.25) is 20.0 Å². The molecule has 0 radical (unpaired) electrons. The maximum atomic E-state index is 12.0. The fraction of sp³-hybridized carbons (Fsp3) is 0.118. The van der Waals surface area contributed by atoms with Crippen molar-refractivity contribution in [2.45, 2.75) is 30.6 Å². The van der Waals surface area contributed by atoms with E-state index in [4.69, 9.17) is 14.2 Å². The predicted molar refractivity (Wildman–Crippen MR) is 176 cm³/mol. The van der Waals surface area contributed by atoms with Crippen LogP contribution in [0.3, 0.4) is 0 Å². The lowest BCUT2D eigenvalue weighted by Gasteiger charge is -2.07. The van der Waals surface area contributed by atoms with E-state index in [0.29, 0.717) is 18.1 Å². The van der Waals surface area contributed by atoms with Gasteiger partial charge in [-0.1, -0.05) is 102 Å². The van der Waals surface area contributed by atoms with Crippen LogP contribution in [0.15, 0.2) is 128 Å². The van der Waals surface area contributed by atoms with Crippen molar-refractivity contribution in [1.82, 2.24) is 15.0 Å². The van der Waals surface area contributed by atoms with Crippen molar-refractivity contribution in [3.05, 3.63) is 121 Å². The molecule has 0 atom stereocenters. The van der Waals surface area contributed by atoms with E-state index in [2.05, 4.69) is 15.0 Å². The number of hydrogen-bond donors (Lipinski definition) is 2. The summed E-state index contributed by atoms with van der Waals surface area (Å²) in [6.07, 6.45) is 0. The number of sulfonamides is 2. The van der Waals surface area contributed by atoms with Crippen molar-refractivity contribution in [2.24, 2.45) is 5.14 Å². The summed E-state index contributed by atoms with van der Waals surface area (Å²) in [4.78, 5) is 0.315. The molecule has 0 aliphatic carbocycles. The van der Waals surface area contributed by atoms with Gasteiger partial charge in [-0.25, -0.2) is 26.7 Å². The van der Waals surface area contributed by atoms with Gasteiger partial charge in [-0.15, -0.1) is 0 Å². The third-order valence-corrected chi connectivity index (χ3v) is 9.57. The number of aryl methyl sites for hydroxylation is 2. The van der Waals surface area contributed by atoms with Gasteiger partial charge >= 0.3 is 0 Å². The minimum atomic E-state index is -3.70. The summed E-state index contributed by atoms with van der Waals surface area (Å²) in [5.74, 6) is 1.36. The lowest BCUT2D eigenvalue weighted by Crippen LogP contribution is -2.22. The zero-order chi connectivity index (χ0) is 32.9. The average Bonchev–Trinajstić information content (AvgIpc) is 3.64. The molecule has 0 saturated carbocycles. The molecule has 12 heteroatoms. The number of nitrogens with one attached hydrogen (secondary N) is 1. The SMILES string of the molecule is CCNS(=O)(=O)c1ccc(-c2c(-c3ccccc3)noc2C)cc1.Cc1onc(-c2ccccc2)c1-c1ccc(S(N)(=O)=O)cc1. The molecule has 2 heterocycles. The van der Waals surface area contributed by atoms with E-state index in [0.717, 1.165) is 44.8 Å². The Bertz CT molecular complexity index is 2140. The summed E-state index contributed by atoms with van der Waals surface area (Å²) in [7, 11) is -7.16. The van der Waals surface area contributed by atoms with Crippen molar-refractivity contribution < 1.29 is 25.9 Å². The predicted octanol–water partition coefficient (Wildman–Crippen LogP) is 6.58. The summed E-state index contributed by atoms with van der Waals surface area (Å²) in [6, 6.07) is 32.5. The summed E-state index contributed by atoms with van der Waals surface area (Å²) >= 11 is 0. The minimum Gasteiger partial charge on any atom is -0.360 e. The maximum absolute atomic E-state index is 12.0. The van der Waals surface area contributed by atoms with Crippen LogP contribution in [0.25, 0.3) is 44.8 Å². The van der Waals surface area contributed by atoms with E-state index in [-0.39, 0.29) is 9.79 Å². The molecule has 236 valence electrons. The van der Waals surface area contributed by atoms with E-state index in [1.165, 1.54) is 12.1 Å². The molecule has 0 fully saturated rings. The molecule has 4 aromatic carbocycles. The van der Waals surface area contributed by atoms with Gasteiger partial charge in [0.15, 0.2) is 0 Å². The first kappa shape index (κ1) is 32.5. The zero-order valence-corrected chi connectivity index (χ0v) is 27.0. The van der Waals surface area contributed by atoms with Crippen molar-refractivity contribution >= 4 is 20.0 Å². The number of hydrogen-bond acceptors (Lipinski definition) is 8. The molecule has 0 aliphatic heterocycles. The molecule has 6 rings (SSSR count). The Morgan fingerprint density at radius 1 is 0.587 bits per heavy atom. The van der Waals surface area contributed by atoms with Crippen LogP contribution in [0.2, 0.25) is 0 Å². The fourth-order valence-corrected chi connectivity index (χ4v) is 6.45. The molecule has 0 spiro atoms. The highest BCUT2D eigenvalue weighted by molar-refractivity contribution is 7.89. The molecular formula is C34H32N4O6S2. The van der Waals surface area contributed by atoms with Gasteiger partial charge in [-0.3, -0.25) is 0 Å². The fourth-order valence-electron chi connectivity index (χ4n) is 4.90. The zero-order valence-electron chi connectivity index (χ0n) is 25.3. The van der Waals surface area contributed by atoms with E-state index in [9.17, 15) is 16.8 Å². The number of nitrogens with zero attached hydrogens (tertiary/aromatic N) is 2. The molecule has 0 saturated heterocycles. The molecule has 0 amide bonds. The third kappa shape index (κ3) is 7.16. The highest BCUT2D eigenvalue weighted by atomic mass is 32.2. The standard InChI is InChI=1S/C18H18N2O3S.C16H14N2O3S/c1-3-19-24(21,22)16-11-9-14(10-12-16)17-13(2)23-20-18(17)15-7-5-4-6-8-15;1-11-15(12-7-9-14(10-8-12)22(17,19)20)16(18-21-11)13-5-3-2-4-6-13/h4-12,19H,3H2,1-2H3;2-10H,1H3,(H2,17,19,20). The van der Waals surface area contributed by atoms with E-state index >= 15 is 0 Å². The van der Waals surface area contributed by atoms with Gasteiger partial charge in [-0.2, -0.15) is 0 Å². The van der Waals surface area contributed by atoms with Crippen molar-refractivity contribution in [3.63, 3.8) is 0 Å². The Morgan fingerprint density at radius 2 is 0.978 bits per heavy atom. The molecule has 46 heavy (non-hydrogen) atoms. The molecule has 0 aliphatic rings. The van der Waals surface area contributed by atoms with Crippen LogP contribution in [0, 0.1) is 13.8 Å². The number of rotatable bonds is 8. The second kappa shape index (κ2) is 13.6. The van der Waals surface area contributed by atoms with Crippen LogP contribution in [0.1, 0.15) is 18.4 Å². The number of aromatic nitrogens is 2. The van der Waals surface area contributed by atoms with E-state index < -0.39 is 20.0 Å². The number of primary sulfonamides is 1. The smallest absolute Gasteiger partial charge is 0.240 e. The Morgan fingerprint density at radius 3 is 1.35 bits per heavy atom. The quantitative estimate of drug-likeness (QED) is 0.186. The second-order valence-corrected chi connectivity index (χ2v) is 13.6. The normalized spacial score (nSPS) is 11.6. The molecule has 6 aromatic rings. The van der Waals surface area contributed by atoms with Crippen molar-refractivity contribution in [2.75, 3.05) is 6.54 Å². The first-order chi connectivity index (χ1) is 22.0. The van der Waals surface area contributed by atoms with Gasteiger partial charge in [0.05, 0.1) is 20.9 Å². The molecule has 0 unspecified atom stereocenters. The van der Waals surface area contributed by atoms with Gasteiger partial charge in [0.1, 0.15) is 22.9 Å². The van der Waals surface area contributed by atoms with Crippen LogP contribution >= 0.6 is 0 Å². The third-order valence-electron chi connectivity index (χ3n) is 7.08. The summed E-state index contributed by atoms with van der Waals surface area (Å²) in [6.45, 7) is 5.77. The lowest BCUT2D eigenvalue weighted by molar-refractivity contribution is 0.400. The summed E-state index contributed by atoms with van der Waals surface area (Å²) in [5, 5.41) is 13.4. The molecular weight excluding hydrogens is 625 g/mol. The van der Waals surface area contributed by atoms with Crippen LogP contribution in [0.5, 0.6) is 0 Å². The second-order valence-electron chi connectivity index (χ2n) is 10.3. The van der Waals surface area contributed by atoms with Crippen molar-refractivity contribution in [1.29, 1.82) is 0 Å². The van der Waals surface area contributed by atoms with Crippen molar-refractivity contribution in [3.8, 4) is 44.8 Å². The van der Waals surface area contributed by atoms with Crippen LogP contribution in [-0.4, -0.2) is 33.7 Å².